The first-order chi connectivity index (χ1) is 14.1. The zero-order valence-electron chi connectivity index (χ0n) is 16.4. The molecule has 0 spiro atoms. The van der Waals surface area contributed by atoms with E-state index in [2.05, 4.69) is 0 Å². The summed E-state index contributed by atoms with van der Waals surface area (Å²) in [6.07, 6.45) is 3.17. The van der Waals surface area contributed by atoms with Gasteiger partial charge in [-0.05, 0) is 36.1 Å². The van der Waals surface area contributed by atoms with E-state index in [1.54, 1.807) is 11.0 Å². The van der Waals surface area contributed by atoms with Crippen LogP contribution in [0.3, 0.4) is 0 Å². The summed E-state index contributed by atoms with van der Waals surface area (Å²) in [6, 6.07) is 15.5. The minimum Gasteiger partial charge on any atom is -0.482 e. The van der Waals surface area contributed by atoms with Gasteiger partial charge in [0.05, 0.1) is 5.02 Å². The molecular weight excluding hydrogens is 388 g/mol. The minimum atomic E-state index is -0.0797. The van der Waals surface area contributed by atoms with Crippen LogP contribution >= 0.6 is 11.6 Å². The Morgan fingerprint density at radius 1 is 0.931 bits per heavy atom. The van der Waals surface area contributed by atoms with Crippen LogP contribution in [-0.2, 0) is 9.59 Å². The molecule has 152 valence electrons. The fourth-order valence-corrected chi connectivity index (χ4v) is 3.98. The molecule has 2 fully saturated rings. The minimum absolute atomic E-state index is 0.0546. The van der Waals surface area contributed by atoms with E-state index in [1.165, 1.54) is 0 Å². The number of halogens is 1. The molecule has 29 heavy (non-hydrogen) atoms. The van der Waals surface area contributed by atoms with Gasteiger partial charge < -0.3 is 14.5 Å². The Balaban J connectivity index is 1.28. The molecular formula is C23H25ClN2O3. The summed E-state index contributed by atoms with van der Waals surface area (Å²) in [5.74, 6) is 0.883. The molecule has 2 aromatic carbocycles. The van der Waals surface area contributed by atoms with Crippen LogP contribution in [0, 0.1) is 5.92 Å². The van der Waals surface area contributed by atoms with Crippen LogP contribution in [0.5, 0.6) is 5.75 Å². The summed E-state index contributed by atoms with van der Waals surface area (Å²) in [5, 5.41) is 0.482. The second kappa shape index (κ2) is 8.87. The highest BCUT2D eigenvalue weighted by Crippen LogP contribution is 2.31. The Morgan fingerprint density at radius 2 is 1.62 bits per heavy atom. The third-order valence-corrected chi connectivity index (χ3v) is 6.08. The standard InChI is InChI=1S/C23H25ClN2O3/c24-20-15-19(17-5-2-1-3-6-17)9-10-21(20)29-16-22(27)25-11-13-26(14-12-25)23(28)18-7-4-8-18/h1-3,5-6,9-10,15,18H,4,7-8,11-14,16H2. The Labute approximate surface area is 176 Å². The van der Waals surface area contributed by atoms with Crippen molar-refractivity contribution in [2.75, 3.05) is 32.8 Å². The molecule has 4 rings (SSSR count). The lowest BCUT2D eigenvalue weighted by Crippen LogP contribution is -2.53. The van der Waals surface area contributed by atoms with Crippen LogP contribution in [0.15, 0.2) is 48.5 Å². The van der Waals surface area contributed by atoms with Crippen molar-refractivity contribution in [2.24, 2.45) is 5.92 Å². The number of piperazine rings is 1. The summed E-state index contributed by atoms with van der Waals surface area (Å²) in [7, 11) is 0. The molecule has 1 aliphatic carbocycles. The van der Waals surface area contributed by atoms with Crippen LogP contribution in [-0.4, -0.2) is 54.4 Å². The number of hydrogen-bond donors (Lipinski definition) is 0. The molecule has 0 N–H and O–H groups in total. The van der Waals surface area contributed by atoms with E-state index in [4.69, 9.17) is 16.3 Å². The molecule has 2 aliphatic rings. The van der Waals surface area contributed by atoms with Gasteiger partial charge in [-0.3, -0.25) is 9.59 Å². The van der Waals surface area contributed by atoms with E-state index < -0.39 is 0 Å². The summed E-state index contributed by atoms with van der Waals surface area (Å²) in [5.41, 5.74) is 2.08. The number of rotatable bonds is 5. The highest BCUT2D eigenvalue weighted by Gasteiger charge is 2.32. The third-order valence-electron chi connectivity index (χ3n) is 5.79. The lowest BCUT2D eigenvalue weighted by atomic mass is 9.84. The van der Waals surface area contributed by atoms with Gasteiger partial charge in [-0.15, -0.1) is 0 Å². The molecule has 2 aromatic rings. The molecule has 6 heteroatoms. The van der Waals surface area contributed by atoms with E-state index in [0.29, 0.717) is 37.0 Å². The maximum Gasteiger partial charge on any atom is 0.260 e. The first-order valence-corrected chi connectivity index (χ1v) is 10.5. The largest absolute Gasteiger partial charge is 0.482 e. The Bertz CT molecular complexity index is 875. The van der Waals surface area contributed by atoms with Crippen LogP contribution in [0.2, 0.25) is 5.02 Å². The normalized spacial score (nSPS) is 17.0. The first-order valence-electron chi connectivity index (χ1n) is 10.2. The Kier molecular flexibility index (Phi) is 6.05. The zero-order valence-corrected chi connectivity index (χ0v) is 17.1. The lowest BCUT2D eigenvalue weighted by molar-refractivity contribution is -0.144. The molecule has 1 aliphatic heterocycles. The molecule has 0 aromatic heterocycles. The zero-order chi connectivity index (χ0) is 20.2. The lowest BCUT2D eigenvalue weighted by Gasteiger charge is -2.38. The topological polar surface area (TPSA) is 49.9 Å². The second-order valence-electron chi connectivity index (χ2n) is 7.63. The predicted molar refractivity (Wildman–Crippen MR) is 113 cm³/mol. The molecule has 1 saturated carbocycles. The van der Waals surface area contributed by atoms with Gasteiger partial charge in [0.15, 0.2) is 6.61 Å². The van der Waals surface area contributed by atoms with Gasteiger partial charge in [0.1, 0.15) is 5.75 Å². The quantitative estimate of drug-likeness (QED) is 0.749. The van der Waals surface area contributed by atoms with E-state index in [1.807, 2.05) is 47.4 Å². The van der Waals surface area contributed by atoms with Gasteiger partial charge >= 0.3 is 0 Å². The number of hydrogen-bond acceptors (Lipinski definition) is 3. The molecule has 1 saturated heterocycles. The van der Waals surface area contributed by atoms with Crippen molar-refractivity contribution < 1.29 is 14.3 Å². The fourth-order valence-electron chi connectivity index (χ4n) is 3.75. The smallest absolute Gasteiger partial charge is 0.260 e. The number of carbonyl (C=O) groups is 2. The molecule has 2 amide bonds. The number of carbonyl (C=O) groups excluding carboxylic acids is 2. The SMILES string of the molecule is O=C(COc1ccc(-c2ccccc2)cc1Cl)N1CCN(C(=O)C2CCC2)CC1. The van der Waals surface area contributed by atoms with Crippen LogP contribution < -0.4 is 4.74 Å². The molecule has 1 heterocycles. The van der Waals surface area contributed by atoms with E-state index in [9.17, 15) is 9.59 Å². The Hall–Kier alpha value is -2.53. The van der Waals surface area contributed by atoms with Crippen molar-refractivity contribution in [3.63, 3.8) is 0 Å². The highest BCUT2D eigenvalue weighted by molar-refractivity contribution is 6.32. The van der Waals surface area contributed by atoms with E-state index >= 15 is 0 Å². The van der Waals surface area contributed by atoms with Crippen molar-refractivity contribution in [1.29, 1.82) is 0 Å². The van der Waals surface area contributed by atoms with Crippen molar-refractivity contribution >= 4 is 23.4 Å². The maximum absolute atomic E-state index is 12.5. The van der Waals surface area contributed by atoms with Crippen molar-refractivity contribution in [2.45, 2.75) is 19.3 Å². The average Bonchev–Trinajstić information content (AvgIpc) is 2.72. The van der Waals surface area contributed by atoms with Gasteiger partial charge in [-0.2, -0.15) is 0 Å². The molecule has 0 bridgehead atoms. The monoisotopic (exact) mass is 412 g/mol. The van der Waals surface area contributed by atoms with Crippen LogP contribution in [0.25, 0.3) is 11.1 Å². The van der Waals surface area contributed by atoms with Gasteiger partial charge in [0.2, 0.25) is 5.91 Å². The number of nitrogens with zero attached hydrogens (tertiary/aromatic N) is 2. The van der Waals surface area contributed by atoms with Crippen molar-refractivity contribution in [1.82, 2.24) is 9.80 Å². The van der Waals surface area contributed by atoms with Crippen molar-refractivity contribution in [3.8, 4) is 16.9 Å². The van der Waals surface area contributed by atoms with Gasteiger partial charge in [-0.25, -0.2) is 0 Å². The van der Waals surface area contributed by atoms with E-state index in [0.717, 1.165) is 30.4 Å². The highest BCUT2D eigenvalue weighted by atomic mass is 35.5. The average molecular weight is 413 g/mol. The molecule has 5 nitrogen and oxygen atoms in total. The summed E-state index contributed by atoms with van der Waals surface area (Å²) < 4.78 is 5.68. The fraction of sp³-hybridized carbons (Fsp3) is 0.391. The van der Waals surface area contributed by atoms with Gasteiger partial charge in [0.25, 0.3) is 5.91 Å². The number of ether oxygens (including phenoxy) is 1. The third kappa shape index (κ3) is 4.56. The predicted octanol–water partition coefficient (Wildman–Crippen LogP) is 3.86. The summed E-state index contributed by atoms with van der Waals surface area (Å²) in [4.78, 5) is 28.5. The number of benzene rings is 2. The maximum atomic E-state index is 12.5. The summed E-state index contributed by atoms with van der Waals surface area (Å²) in [6.45, 7) is 2.27. The molecule has 0 unspecified atom stereocenters. The van der Waals surface area contributed by atoms with Crippen molar-refractivity contribution in [3.05, 3.63) is 53.6 Å². The van der Waals surface area contributed by atoms with Crippen LogP contribution in [0.4, 0.5) is 0 Å². The van der Waals surface area contributed by atoms with Crippen LogP contribution in [0.1, 0.15) is 19.3 Å². The molecule has 0 atom stereocenters. The summed E-state index contributed by atoms with van der Waals surface area (Å²) >= 11 is 6.36. The first kappa shape index (κ1) is 19.8. The van der Waals surface area contributed by atoms with Gasteiger partial charge in [0, 0.05) is 32.1 Å². The number of amides is 2. The Morgan fingerprint density at radius 3 is 2.24 bits per heavy atom. The molecule has 0 radical (unpaired) electrons. The second-order valence-corrected chi connectivity index (χ2v) is 8.04. The van der Waals surface area contributed by atoms with E-state index in [-0.39, 0.29) is 24.3 Å². The van der Waals surface area contributed by atoms with Gasteiger partial charge in [-0.1, -0.05) is 54.4 Å².